The third-order valence-electron chi connectivity index (χ3n) is 5.84. The smallest absolute Gasteiger partial charge is 0.274 e. The number of nitrogens with zero attached hydrogens (tertiary/aromatic N) is 3. The minimum Gasteiger partial charge on any atom is -0.378 e. The number of hydrogen-bond acceptors (Lipinski definition) is 4. The van der Waals surface area contributed by atoms with Gasteiger partial charge in [0.05, 0.1) is 11.8 Å². The highest BCUT2D eigenvalue weighted by molar-refractivity contribution is 5.94. The standard InChI is InChI=1S/C22H30N4O2.ClH/c1-16-6-8-17(9-7-16)26-20-5-2-4-19(20)21(24-26)22(27)25-13-10-18(11-14-25)28-15-3-12-23;/h6-9,18H,2-5,10-15,23H2,1H3;1H. The summed E-state index contributed by atoms with van der Waals surface area (Å²) in [5, 5.41) is 4.77. The second-order valence-corrected chi connectivity index (χ2v) is 7.88. The lowest BCUT2D eigenvalue weighted by Gasteiger charge is -2.31. The molecule has 0 saturated carbocycles. The number of aromatic nitrogens is 2. The normalized spacial score (nSPS) is 16.6. The fourth-order valence-corrected chi connectivity index (χ4v) is 4.22. The third kappa shape index (κ3) is 4.65. The molecule has 0 bridgehead atoms. The van der Waals surface area contributed by atoms with Crippen LogP contribution in [0.2, 0.25) is 0 Å². The van der Waals surface area contributed by atoms with Gasteiger partial charge in [-0.05, 0) is 64.1 Å². The summed E-state index contributed by atoms with van der Waals surface area (Å²) in [6.07, 6.45) is 5.93. The van der Waals surface area contributed by atoms with Gasteiger partial charge in [-0.25, -0.2) is 4.68 Å². The van der Waals surface area contributed by atoms with Gasteiger partial charge in [-0.2, -0.15) is 5.10 Å². The van der Waals surface area contributed by atoms with Crippen LogP contribution in [0.25, 0.3) is 5.69 Å². The van der Waals surface area contributed by atoms with E-state index in [0.717, 1.165) is 62.9 Å². The molecule has 2 heterocycles. The largest absolute Gasteiger partial charge is 0.378 e. The first-order valence-electron chi connectivity index (χ1n) is 10.5. The van der Waals surface area contributed by atoms with Gasteiger partial charge in [0.15, 0.2) is 5.69 Å². The number of nitrogens with two attached hydrogens (primary N) is 1. The van der Waals surface area contributed by atoms with E-state index >= 15 is 0 Å². The molecule has 1 aromatic carbocycles. The van der Waals surface area contributed by atoms with Crippen molar-refractivity contribution >= 4 is 18.3 Å². The molecule has 0 unspecified atom stereocenters. The van der Waals surface area contributed by atoms with Crippen LogP contribution in [0.3, 0.4) is 0 Å². The fourth-order valence-electron chi connectivity index (χ4n) is 4.22. The van der Waals surface area contributed by atoms with Crippen molar-refractivity contribution in [3.8, 4) is 5.69 Å². The molecule has 2 aliphatic rings. The Bertz CT molecular complexity index is 826. The molecule has 1 aromatic heterocycles. The summed E-state index contributed by atoms with van der Waals surface area (Å²) < 4.78 is 7.85. The molecule has 0 spiro atoms. The topological polar surface area (TPSA) is 73.4 Å². The number of hydrogen-bond donors (Lipinski definition) is 1. The molecule has 0 radical (unpaired) electrons. The maximum absolute atomic E-state index is 13.2. The van der Waals surface area contributed by atoms with Crippen LogP contribution in [-0.2, 0) is 17.6 Å². The molecule has 1 aliphatic heterocycles. The van der Waals surface area contributed by atoms with E-state index in [2.05, 4.69) is 31.2 Å². The van der Waals surface area contributed by atoms with Gasteiger partial charge in [-0.3, -0.25) is 4.79 Å². The molecule has 1 aliphatic carbocycles. The van der Waals surface area contributed by atoms with Gasteiger partial charge in [-0.1, -0.05) is 17.7 Å². The Balaban J connectivity index is 0.00000240. The molecule has 4 rings (SSSR count). The summed E-state index contributed by atoms with van der Waals surface area (Å²) in [5.74, 6) is 0.0735. The molecule has 6 nitrogen and oxygen atoms in total. The Morgan fingerprint density at radius 3 is 2.62 bits per heavy atom. The number of fused-ring (bicyclic) bond motifs is 1. The van der Waals surface area contributed by atoms with E-state index in [0.29, 0.717) is 18.8 Å². The first-order valence-corrected chi connectivity index (χ1v) is 10.5. The molecule has 7 heteroatoms. The first-order chi connectivity index (χ1) is 13.7. The highest BCUT2D eigenvalue weighted by Crippen LogP contribution is 2.29. The van der Waals surface area contributed by atoms with Crippen molar-refractivity contribution in [1.29, 1.82) is 0 Å². The molecule has 1 fully saturated rings. The predicted molar refractivity (Wildman–Crippen MR) is 116 cm³/mol. The van der Waals surface area contributed by atoms with E-state index in [-0.39, 0.29) is 24.4 Å². The summed E-state index contributed by atoms with van der Waals surface area (Å²) in [7, 11) is 0. The monoisotopic (exact) mass is 418 g/mol. The molecule has 2 aromatic rings. The van der Waals surface area contributed by atoms with E-state index in [9.17, 15) is 4.79 Å². The van der Waals surface area contributed by atoms with Gasteiger partial charge in [0.1, 0.15) is 0 Å². The Morgan fingerprint density at radius 2 is 1.93 bits per heavy atom. The molecular weight excluding hydrogens is 388 g/mol. The number of amides is 1. The van der Waals surface area contributed by atoms with Crippen molar-refractivity contribution in [2.24, 2.45) is 5.73 Å². The van der Waals surface area contributed by atoms with E-state index in [1.54, 1.807) is 0 Å². The number of carbonyl (C=O) groups is 1. The molecule has 1 saturated heterocycles. The van der Waals surface area contributed by atoms with Crippen LogP contribution in [0, 0.1) is 6.92 Å². The molecule has 158 valence electrons. The van der Waals surface area contributed by atoms with E-state index in [1.807, 2.05) is 9.58 Å². The van der Waals surface area contributed by atoms with Crippen LogP contribution in [0.5, 0.6) is 0 Å². The number of benzene rings is 1. The first kappa shape index (κ1) is 21.8. The number of carbonyl (C=O) groups excluding carboxylic acids is 1. The summed E-state index contributed by atoms with van der Waals surface area (Å²) in [6, 6.07) is 8.35. The van der Waals surface area contributed by atoms with E-state index in [1.165, 1.54) is 11.3 Å². The Hall–Kier alpha value is -1.89. The zero-order valence-electron chi connectivity index (χ0n) is 17.1. The molecule has 2 N–H and O–H groups in total. The van der Waals surface area contributed by atoms with Gasteiger partial charge in [-0.15, -0.1) is 12.4 Å². The van der Waals surface area contributed by atoms with Crippen LogP contribution in [0.1, 0.15) is 53.0 Å². The Morgan fingerprint density at radius 1 is 1.21 bits per heavy atom. The lowest BCUT2D eigenvalue weighted by molar-refractivity contribution is 0.00825. The summed E-state index contributed by atoms with van der Waals surface area (Å²) in [6.45, 7) is 4.92. The van der Waals surface area contributed by atoms with Gasteiger partial charge in [0.25, 0.3) is 5.91 Å². The number of ether oxygens (including phenoxy) is 1. The predicted octanol–water partition coefficient (Wildman–Crippen LogP) is 3.06. The second kappa shape index (κ2) is 9.74. The van der Waals surface area contributed by atoms with Gasteiger partial charge in [0.2, 0.25) is 0 Å². The zero-order chi connectivity index (χ0) is 19.5. The minimum atomic E-state index is 0. The summed E-state index contributed by atoms with van der Waals surface area (Å²) in [4.78, 5) is 15.2. The number of halogens is 1. The summed E-state index contributed by atoms with van der Waals surface area (Å²) >= 11 is 0. The second-order valence-electron chi connectivity index (χ2n) is 7.88. The van der Waals surface area contributed by atoms with Crippen molar-refractivity contribution in [3.63, 3.8) is 0 Å². The quantitative estimate of drug-likeness (QED) is 0.731. The fraction of sp³-hybridized carbons (Fsp3) is 0.545. The van der Waals surface area contributed by atoms with Gasteiger partial charge >= 0.3 is 0 Å². The van der Waals surface area contributed by atoms with Crippen molar-refractivity contribution < 1.29 is 9.53 Å². The van der Waals surface area contributed by atoms with Crippen LogP contribution in [0.4, 0.5) is 0 Å². The lowest BCUT2D eigenvalue weighted by atomic mass is 10.1. The molecule has 1 amide bonds. The summed E-state index contributed by atoms with van der Waals surface area (Å²) in [5.41, 5.74) is 10.8. The van der Waals surface area contributed by atoms with Crippen molar-refractivity contribution in [3.05, 3.63) is 46.8 Å². The Kier molecular flexibility index (Phi) is 7.33. The van der Waals surface area contributed by atoms with Crippen LogP contribution in [0.15, 0.2) is 24.3 Å². The minimum absolute atomic E-state index is 0. The number of rotatable bonds is 6. The number of piperidine rings is 1. The van der Waals surface area contributed by atoms with Crippen LogP contribution >= 0.6 is 12.4 Å². The molecular formula is C22H31ClN4O2. The maximum Gasteiger partial charge on any atom is 0.274 e. The SMILES string of the molecule is Cc1ccc(-n2nc(C(=O)N3CCC(OCCCN)CC3)c3c2CCC3)cc1.Cl. The number of aryl methyl sites for hydroxylation is 1. The Labute approximate surface area is 178 Å². The average Bonchev–Trinajstić information content (AvgIpc) is 3.32. The van der Waals surface area contributed by atoms with Crippen LogP contribution in [-0.4, -0.2) is 52.9 Å². The maximum atomic E-state index is 13.2. The van der Waals surface area contributed by atoms with Gasteiger partial charge < -0.3 is 15.4 Å². The highest BCUT2D eigenvalue weighted by Gasteiger charge is 2.31. The lowest BCUT2D eigenvalue weighted by Crippen LogP contribution is -2.41. The van der Waals surface area contributed by atoms with Crippen molar-refractivity contribution in [2.45, 2.75) is 51.6 Å². The molecule has 0 atom stereocenters. The van der Waals surface area contributed by atoms with E-state index < -0.39 is 0 Å². The third-order valence-corrected chi connectivity index (χ3v) is 5.84. The van der Waals surface area contributed by atoms with Gasteiger partial charge in [0, 0.05) is 31.0 Å². The average molecular weight is 419 g/mol. The number of likely N-dealkylation sites (tertiary alicyclic amines) is 1. The van der Waals surface area contributed by atoms with Crippen molar-refractivity contribution in [2.75, 3.05) is 26.2 Å². The van der Waals surface area contributed by atoms with Crippen LogP contribution < -0.4 is 5.73 Å². The highest BCUT2D eigenvalue weighted by atomic mass is 35.5. The zero-order valence-corrected chi connectivity index (χ0v) is 17.9. The van der Waals surface area contributed by atoms with E-state index in [4.69, 9.17) is 15.6 Å². The molecule has 29 heavy (non-hydrogen) atoms. The van der Waals surface area contributed by atoms with Crippen molar-refractivity contribution in [1.82, 2.24) is 14.7 Å².